The molecule has 1 amide bonds. The molecule has 0 aliphatic carbocycles. The Hall–Kier alpha value is -3.65. The molecule has 2 rings (SSSR count). The van der Waals surface area contributed by atoms with E-state index in [1.54, 1.807) is 38.7 Å². The fourth-order valence-corrected chi connectivity index (χ4v) is 2.84. The van der Waals surface area contributed by atoms with E-state index < -0.39 is 23.7 Å². The Morgan fingerprint density at radius 3 is 2.56 bits per heavy atom. The van der Waals surface area contributed by atoms with Crippen molar-refractivity contribution in [3.8, 4) is 17.3 Å². The van der Waals surface area contributed by atoms with Crippen LogP contribution in [-0.4, -0.2) is 65.8 Å². The number of methoxy groups -OCH3 is 2. The molecule has 32 heavy (non-hydrogen) atoms. The zero-order valence-corrected chi connectivity index (χ0v) is 19.1. The molecule has 0 spiro atoms. The molecule has 2 N–H and O–H groups in total. The van der Waals surface area contributed by atoms with E-state index in [2.05, 4.69) is 20.7 Å². The number of amides is 1. The number of hydrogen-bond donors (Lipinski definition) is 2. The predicted octanol–water partition coefficient (Wildman–Crippen LogP) is 2.09. The summed E-state index contributed by atoms with van der Waals surface area (Å²) < 4.78 is 16.9. The number of aromatic nitrogens is 3. The summed E-state index contributed by atoms with van der Waals surface area (Å²) in [5.41, 5.74) is 0.314. The number of anilines is 1. The van der Waals surface area contributed by atoms with Gasteiger partial charge in [0.2, 0.25) is 0 Å². The molecule has 11 nitrogen and oxygen atoms in total. The van der Waals surface area contributed by atoms with Crippen LogP contribution < -0.4 is 10.6 Å². The molecule has 0 unspecified atom stereocenters. The summed E-state index contributed by atoms with van der Waals surface area (Å²) >= 11 is 0. The van der Waals surface area contributed by atoms with Crippen LogP contribution in [0.3, 0.4) is 0 Å². The minimum Gasteiger partial charge on any atom is -0.465 e. The molecule has 0 aliphatic heterocycles. The lowest BCUT2D eigenvalue weighted by Crippen LogP contribution is -2.45. The highest BCUT2D eigenvalue weighted by Crippen LogP contribution is 2.27. The number of ether oxygens (including phenoxy) is 3. The highest BCUT2D eigenvalue weighted by atomic mass is 16.6. The first kappa shape index (κ1) is 24.6. The summed E-state index contributed by atoms with van der Waals surface area (Å²) in [5, 5.41) is 19.5. The molecule has 2 aromatic rings. The summed E-state index contributed by atoms with van der Waals surface area (Å²) in [6, 6.07) is 3.02. The van der Waals surface area contributed by atoms with Crippen LogP contribution in [0.2, 0.25) is 0 Å². The van der Waals surface area contributed by atoms with Gasteiger partial charge in [-0.25, -0.2) is 14.6 Å². The molecule has 0 saturated heterocycles. The Kier molecular flexibility index (Phi) is 8.15. The second-order valence-electron chi connectivity index (χ2n) is 7.96. The summed E-state index contributed by atoms with van der Waals surface area (Å²) in [7, 11) is 4.48. The molecule has 0 fully saturated rings. The number of carbonyl (C=O) groups is 2. The molecule has 1 atom stereocenters. The minimum atomic E-state index is -0.677. The molecule has 11 heteroatoms. The SMILES string of the molecule is COC[C@@H](CNc1cc(C#N)c(C(=O)OC)c(-c2cnn(C)c2)n1)NC(=O)OC(C)(C)C. The van der Waals surface area contributed by atoms with Crippen LogP contribution in [0, 0.1) is 11.3 Å². The van der Waals surface area contributed by atoms with Crippen molar-refractivity contribution in [1.29, 1.82) is 5.26 Å². The number of alkyl carbamates (subject to hydrolysis) is 1. The topological polar surface area (TPSA) is 140 Å². The van der Waals surface area contributed by atoms with E-state index in [0.29, 0.717) is 11.4 Å². The van der Waals surface area contributed by atoms with Crippen molar-refractivity contribution in [2.24, 2.45) is 7.05 Å². The number of pyridine rings is 1. The minimum absolute atomic E-state index is 0.0499. The fourth-order valence-electron chi connectivity index (χ4n) is 2.84. The molecular formula is C21H28N6O5. The van der Waals surface area contributed by atoms with Crippen LogP contribution in [-0.2, 0) is 21.3 Å². The van der Waals surface area contributed by atoms with E-state index in [9.17, 15) is 14.9 Å². The van der Waals surface area contributed by atoms with E-state index in [1.807, 2.05) is 6.07 Å². The smallest absolute Gasteiger partial charge is 0.408 e. The van der Waals surface area contributed by atoms with Crippen molar-refractivity contribution in [1.82, 2.24) is 20.1 Å². The van der Waals surface area contributed by atoms with E-state index >= 15 is 0 Å². The van der Waals surface area contributed by atoms with Gasteiger partial charge in [0, 0.05) is 32.5 Å². The van der Waals surface area contributed by atoms with Gasteiger partial charge in [0.05, 0.1) is 37.2 Å². The van der Waals surface area contributed by atoms with E-state index in [1.165, 1.54) is 26.5 Å². The van der Waals surface area contributed by atoms with Crippen molar-refractivity contribution >= 4 is 17.9 Å². The number of nitriles is 1. The summed E-state index contributed by atoms with van der Waals surface area (Å²) in [6.45, 7) is 5.76. The Labute approximate surface area is 186 Å². The quantitative estimate of drug-likeness (QED) is 0.586. The fraction of sp³-hybridized carbons (Fsp3) is 0.476. The van der Waals surface area contributed by atoms with Gasteiger partial charge >= 0.3 is 12.1 Å². The largest absolute Gasteiger partial charge is 0.465 e. The lowest BCUT2D eigenvalue weighted by molar-refractivity contribution is 0.0473. The van der Waals surface area contributed by atoms with Gasteiger partial charge in [0.1, 0.15) is 23.1 Å². The molecule has 2 aromatic heterocycles. The molecule has 0 bridgehead atoms. The Morgan fingerprint density at radius 2 is 2.03 bits per heavy atom. The normalized spacial score (nSPS) is 11.9. The van der Waals surface area contributed by atoms with Gasteiger partial charge in [-0.1, -0.05) is 0 Å². The number of hydrogen-bond acceptors (Lipinski definition) is 9. The van der Waals surface area contributed by atoms with Crippen LogP contribution in [0.4, 0.5) is 10.6 Å². The average molecular weight is 444 g/mol. The van der Waals surface area contributed by atoms with Crippen LogP contribution in [0.25, 0.3) is 11.3 Å². The Bertz CT molecular complexity index is 1010. The second-order valence-corrected chi connectivity index (χ2v) is 7.96. The number of nitrogens with zero attached hydrogens (tertiary/aromatic N) is 4. The van der Waals surface area contributed by atoms with Gasteiger partial charge < -0.3 is 24.8 Å². The third-order valence-corrected chi connectivity index (χ3v) is 4.13. The lowest BCUT2D eigenvalue weighted by atomic mass is 10.0. The van der Waals surface area contributed by atoms with Crippen molar-refractivity contribution in [3.05, 3.63) is 29.6 Å². The maximum Gasteiger partial charge on any atom is 0.408 e. The van der Waals surface area contributed by atoms with Crippen molar-refractivity contribution < 1.29 is 23.8 Å². The van der Waals surface area contributed by atoms with Gasteiger partial charge in [-0.3, -0.25) is 4.68 Å². The number of esters is 1. The average Bonchev–Trinajstić information content (AvgIpc) is 3.15. The van der Waals surface area contributed by atoms with E-state index in [0.717, 1.165) is 0 Å². The maximum atomic E-state index is 12.4. The van der Waals surface area contributed by atoms with Gasteiger partial charge in [-0.15, -0.1) is 0 Å². The summed E-state index contributed by atoms with van der Waals surface area (Å²) in [4.78, 5) is 29.0. The van der Waals surface area contributed by atoms with Crippen molar-refractivity contribution in [3.63, 3.8) is 0 Å². The zero-order chi connectivity index (χ0) is 23.9. The molecule has 0 aromatic carbocycles. The number of aryl methyl sites for hydroxylation is 1. The Balaban J connectivity index is 2.31. The summed E-state index contributed by atoms with van der Waals surface area (Å²) in [6.07, 6.45) is 2.64. The summed E-state index contributed by atoms with van der Waals surface area (Å²) in [5.74, 6) is -0.344. The van der Waals surface area contributed by atoms with E-state index in [-0.39, 0.29) is 30.0 Å². The first-order valence-electron chi connectivity index (χ1n) is 9.82. The van der Waals surface area contributed by atoms with Gasteiger partial charge in [0.15, 0.2) is 0 Å². The number of carbonyl (C=O) groups excluding carboxylic acids is 2. The highest BCUT2D eigenvalue weighted by Gasteiger charge is 2.23. The first-order valence-corrected chi connectivity index (χ1v) is 9.82. The van der Waals surface area contributed by atoms with Gasteiger partial charge in [-0.2, -0.15) is 10.4 Å². The first-order chi connectivity index (χ1) is 15.1. The molecule has 2 heterocycles. The molecule has 0 radical (unpaired) electrons. The van der Waals surface area contributed by atoms with Gasteiger partial charge in [-0.05, 0) is 26.8 Å². The van der Waals surface area contributed by atoms with Crippen molar-refractivity contribution in [2.75, 3.05) is 32.7 Å². The molecule has 0 saturated carbocycles. The van der Waals surface area contributed by atoms with E-state index in [4.69, 9.17) is 14.2 Å². The monoisotopic (exact) mass is 444 g/mol. The standard InChI is InChI=1S/C21H28N6O5/c1-21(2,3)32-20(29)25-15(12-30-5)10-23-16-7-13(8-22)17(19(28)31-6)18(26-16)14-9-24-27(4)11-14/h7,9,11,15H,10,12H2,1-6H3,(H,23,26)(H,25,29)/t15-/m1/s1. The zero-order valence-electron chi connectivity index (χ0n) is 19.1. The number of rotatable bonds is 8. The number of nitrogens with one attached hydrogen (secondary N) is 2. The third-order valence-electron chi connectivity index (χ3n) is 4.13. The van der Waals surface area contributed by atoms with Crippen LogP contribution in [0.1, 0.15) is 36.7 Å². The molecule has 172 valence electrons. The van der Waals surface area contributed by atoms with Crippen LogP contribution >= 0.6 is 0 Å². The maximum absolute atomic E-state index is 12.4. The third kappa shape index (κ3) is 6.68. The highest BCUT2D eigenvalue weighted by molar-refractivity contribution is 5.99. The molecular weight excluding hydrogens is 416 g/mol. The van der Waals surface area contributed by atoms with Gasteiger partial charge in [0.25, 0.3) is 0 Å². The predicted molar refractivity (Wildman–Crippen MR) is 116 cm³/mol. The Morgan fingerprint density at radius 1 is 1.31 bits per heavy atom. The van der Waals surface area contributed by atoms with Crippen LogP contribution in [0.5, 0.6) is 0 Å². The lowest BCUT2D eigenvalue weighted by Gasteiger charge is -2.23. The molecule has 0 aliphatic rings. The second kappa shape index (κ2) is 10.6. The van der Waals surface area contributed by atoms with Crippen LogP contribution in [0.15, 0.2) is 18.5 Å². The van der Waals surface area contributed by atoms with Crippen molar-refractivity contribution in [2.45, 2.75) is 32.4 Å².